The molecule has 9 nitrogen and oxygen atoms in total. The Bertz CT molecular complexity index is 522. The molecule has 0 aromatic heterocycles. The number of hydrogen-bond acceptors (Lipinski definition) is 9. The highest BCUT2D eigenvalue weighted by Gasteiger charge is 2.48. The number of carbonyl (C=O) groups is 3. The number of esters is 3. The van der Waals surface area contributed by atoms with Crippen LogP contribution < -0.4 is 0 Å². The fourth-order valence-corrected chi connectivity index (χ4v) is 3.17. The number of rotatable bonds is 12. The second kappa shape index (κ2) is 13.5. The van der Waals surface area contributed by atoms with E-state index >= 15 is 0 Å². The molecule has 0 bridgehead atoms. The van der Waals surface area contributed by atoms with E-state index in [-0.39, 0.29) is 12.5 Å². The first kappa shape index (κ1) is 25.3. The highest BCUT2D eigenvalue weighted by Crippen LogP contribution is 2.31. The van der Waals surface area contributed by atoms with Crippen LogP contribution in [0.3, 0.4) is 0 Å². The lowest BCUT2D eigenvalue weighted by Gasteiger charge is -2.43. The predicted octanol–water partition coefficient (Wildman–Crippen LogP) is 2.00. The van der Waals surface area contributed by atoms with E-state index < -0.39 is 42.5 Å². The maximum Gasteiger partial charge on any atom is 0.303 e. The van der Waals surface area contributed by atoms with Gasteiger partial charge in [-0.3, -0.25) is 14.4 Å². The Morgan fingerprint density at radius 2 is 1.41 bits per heavy atom. The fourth-order valence-electron chi connectivity index (χ4n) is 3.17. The molecule has 0 aromatic rings. The maximum atomic E-state index is 11.6. The molecule has 0 N–H and O–H groups in total. The van der Waals surface area contributed by atoms with Crippen molar-refractivity contribution in [3.8, 4) is 0 Å². The first-order valence-corrected chi connectivity index (χ1v) is 10.00. The van der Waals surface area contributed by atoms with Gasteiger partial charge in [0.05, 0.1) is 0 Å². The van der Waals surface area contributed by atoms with Crippen LogP contribution in [0, 0.1) is 5.92 Å². The van der Waals surface area contributed by atoms with Crippen molar-refractivity contribution in [2.45, 2.75) is 78.0 Å². The lowest BCUT2D eigenvalue weighted by atomic mass is 9.92. The van der Waals surface area contributed by atoms with Crippen LogP contribution >= 0.6 is 0 Å². The van der Waals surface area contributed by atoms with Gasteiger partial charge in [-0.05, 0) is 12.8 Å². The first-order valence-electron chi connectivity index (χ1n) is 10.00. The van der Waals surface area contributed by atoms with E-state index in [9.17, 15) is 14.4 Å². The normalized spacial score (nSPS) is 26.6. The molecule has 1 aliphatic heterocycles. The second-order valence-electron chi connectivity index (χ2n) is 7.13. The van der Waals surface area contributed by atoms with Crippen LogP contribution in [-0.2, 0) is 42.8 Å². The summed E-state index contributed by atoms with van der Waals surface area (Å²) in [6.45, 7) is 6.67. The van der Waals surface area contributed by atoms with Crippen molar-refractivity contribution in [3.63, 3.8) is 0 Å². The van der Waals surface area contributed by atoms with E-state index in [0.29, 0.717) is 6.61 Å². The van der Waals surface area contributed by atoms with Crippen LogP contribution in [-0.4, -0.2) is 69.4 Å². The quantitative estimate of drug-likeness (QED) is 0.267. The van der Waals surface area contributed by atoms with Gasteiger partial charge in [0.15, 0.2) is 12.4 Å². The van der Waals surface area contributed by atoms with Gasteiger partial charge >= 0.3 is 17.9 Å². The van der Waals surface area contributed by atoms with Gasteiger partial charge in [-0.25, -0.2) is 0 Å². The van der Waals surface area contributed by atoms with Gasteiger partial charge in [0, 0.05) is 47.0 Å². The first-order chi connectivity index (χ1) is 13.8. The highest BCUT2D eigenvalue weighted by molar-refractivity contribution is 5.67. The molecule has 3 unspecified atom stereocenters. The molecule has 168 valence electrons. The average molecular weight is 418 g/mol. The van der Waals surface area contributed by atoms with Crippen molar-refractivity contribution in [3.05, 3.63) is 0 Å². The Morgan fingerprint density at radius 1 is 0.828 bits per heavy atom. The summed E-state index contributed by atoms with van der Waals surface area (Å²) in [6, 6.07) is 0. The minimum absolute atomic E-state index is 0.144. The summed E-state index contributed by atoms with van der Waals surface area (Å²) >= 11 is 0. The molecule has 1 fully saturated rings. The number of methoxy groups -OCH3 is 1. The molecule has 1 heterocycles. The summed E-state index contributed by atoms with van der Waals surface area (Å²) in [5.41, 5.74) is 0. The van der Waals surface area contributed by atoms with Crippen molar-refractivity contribution in [1.82, 2.24) is 0 Å². The van der Waals surface area contributed by atoms with Crippen LogP contribution in [0.1, 0.15) is 53.4 Å². The molecular weight excluding hydrogens is 384 g/mol. The van der Waals surface area contributed by atoms with Gasteiger partial charge < -0.3 is 28.4 Å². The van der Waals surface area contributed by atoms with E-state index in [0.717, 1.165) is 32.3 Å². The number of ether oxygens (including phenoxy) is 6. The molecule has 0 radical (unpaired) electrons. The van der Waals surface area contributed by atoms with E-state index in [4.69, 9.17) is 28.4 Å². The van der Waals surface area contributed by atoms with E-state index in [1.807, 2.05) is 0 Å². The fraction of sp³-hybridized carbons (Fsp3) is 0.850. The Kier molecular flexibility index (Phi) is 11.8. The molecular formula is C20H34O9. The molecule has 0 amide bonds. The lowest BCUT2D eigenvalue weighted by Crippen LogP contribution is -2.58. The van der Waals surface area contributed by atoms with Crippen molar-refractivity contribution in [2.24, 2.45) is 5.92 Å². The average Bonchev–Trinajstić information content (AvgIpc) is 2.63. The zero-order valence-corrected chi connectivity index (χ0v) is 18.0. The minimum Gasteiger partial charge on any atom is -0.463 e. The van der Waals surface area contributed by atoms with Crippen molar-refractivity contribution >= 4 is 17.9 Å². The van der Waals surface area contributed by atoms with Crippen molar-refractivity contribution in [2.75, 3.05) is 26.9 Å². The van der Waals surface area contributed by atoms with Crippen LogP contribution in [0.4, 0.5) is 0 Å². The van der Waals surface area contributed by atoms with Crippen LogP contribution in [0.5, 0.6) is 0 Å². The molecule has 1 aliphatic rings. The standard InChI is InChI=1S/C20H34O9/c1-13-18(27-15(3)22)19(28-16(4)23)17(12-26-14(2)21)29-20(13)25-11-9-7-6-8-10-24-5/h13,17-20H,6-12H2,1-5H3/t13?,17?,18?,19-,20+/m0/s1. The molecule has 0 saturated carbocycles. The summed E-state index contributed by atoms with van der Waals surface area (Å²) in [7, 11) is 1.68. The SMILES string of the molecule is COCCCCCCO[C@@H]1OC(COC(C)=O)[C@H](OC(C)=O)C(OC(C)=O)C1C. The van der Waals surface area contributed by atoms with Gasteiger partial charge in [0.2, 0.25) is 0 Å². The second-order valence-corrected chi connectivity index (χ2v) is 7.13. The molecule has 0 spiro atoms. The third kappa shape index (κ3) is 9.56. The van der Waals surface area contributed by atoms with Gasteiger partial charge in [-0.1, -0.05) is 19.8 Å². The largest absolute Gasteiger partial charge is 0.463 e. The molecule has 0 aliphatic carbocycles. The van der Waals surface area contributed by atoms with Crippen molar-refractivity contribution < 1.29 is 42.8 Å². The number of carbonyl (C=O) groups excluding carboxylic acids is 3. The Labute approximate surface area is 172 Å². The zero-order valence-electron chi connectivity index (χ0n) is 18.0. The summed E-state index contributed by atoms with van der Waals surface area (Å²) in [5, 5.41) is 0. The third-order valence-corrected chi connectivity index (χ3v) is 4.53. The summed E-state index contributed by atoms with van der Waals surface area (Å²) in [5.74, 6) is -1.94. The molecule has 0 aromatic carbocycles. The highest BCUT2D eigenvalue weighted by atomic mass is 16.7. The topological polar surface area (TPSA) is 107 Å². The molecule has 1 saturated heterocycles. The predicted molar refractivity (Wildman–Crippen MR) is 102 cm³/mol. The number of hydrogen-bond donors (Lipinski definition) is 0. The van der Waals surface area contributed by atoms with Crippen LogP contribution in [0.15, 0.2) is 0 Å². The molecule has 9 heteroatoms. The van der Waals surface area contributed by atoms with E-state index in [1.165, 1.54) is 20.8 Å². The molecule has 5 atom stereocenters. The summed E-state index contributed by atoms with van der Waals surface area (Å²) in [4.78, 5) is 34.4. The van der Waals surface area contributed by atoms with Gasteiger partial charge in [-0.2, -0.15) is 0 Å². The monoisotopic (exact) mass is 418 g/mol. The molecule has 29 heavy (non-hydrogen) atoms. The van der Waals surface area contributed by atoms with Crippen LogP contribution in [0.2, 0.25) is 0 Å². The summed E-state index contributed by atoms with van der Waals surface area (Å²) < 4.78 is 32.7. The minimum atomic E-state index is -0.903. The molecule has 1 rings (SSSR count). The van der Waals surface area contributed by atoms with Gasteiger partial charge in [-0.15, -0.1) is 0 Å². The number of unbranched alkanes of at least 4 members (excludes halogenated alkanes) is 3. The third-order valence-electron chi connectivity index (χ3n) is 4.53. The smallest absolute Gasteiger partial charge is 0.303 e. The van der Waals surface area contributed by atoms with Gasteiger partial charge in [0.25, 0.3) is 0 Å². The Hall–Kier alpha value is -1.71. The van der Waals surface area contributed by atoms with E-state index in [1.54, 1.807) is 14.0 Å². The zero-order chi connectivity index (χ0) is 21.8. The van der Waals surface area contributed by atoms with Crippen molar-refractivity contribution in [1.29, 1.82) is 0 Å². The maximum absolute atomic E-state index is 11.6. The summed E-state index contributed by atoms with van der Waals surface area (Å²) in [6.07, 6.45) is 0.688. The lowest BCUT2D eigenvalue weighted by molar-refractivity contribution is -0.288. The van der Waals surface area contributed by atoms with Crippen LogP contribution in [0.25, 0.3) is 0 Å². The van der Waals surface area contributed by atoms with Gasteiger partial charge in [0.1, 0.15) is 18.8 Å². The Balaban J connectivity index is 2.77. The Morgan fingerprint density at radius 3 is 1.97 bits per heavy atom. The van der Waals surface area contributed by atoms with E-state index in [2.05, 4.69) is 0 Å².